The van der Waals surface area contributed by atoms with Crippen LogP contribution in [0.2, 0.25) is 0 Å². The monoisotopic (exact) mass is 199 g/mol. The minimum atomic E-state index is 0.452. The van der Waals surface area contributed by atoms with Crippen LogP contribution in [0.1, 0.15) is 16.1 Å². The molecule has 0 saturated heterocycles. The maximum absolute atomic E-state index is 10.5. The Morgan fingerprint density at radius 2 is 2.07 bits per heavy atom. The van der Waals surface area contributed by atoms with E-state index in [0.717, 1.165) is 12.8 Å². The van der Waals surface area contributed by atoms with E-state index < -0.39 is 0 Å². The van der Waals surface area contributed by atoms with Gasteiger partial charge in [0.2, 0.25) is 0 Å². The van der Waals surface area contributed by atoms with Crippen molar-refractivity contribution in [2.45, 2.75) is 6.54 Å². The molecular formula is C12H11N2O+. The van der Waals surface area contributed by atoms with E-state index in [1.807, 2.05) is 41.1 Å². The Morgan fingerprint density at radius 3 is 2.80 bits per heavy atom. The van der Waals surface area contributed by atoms with Crippen LogP contribution in [-0.4, -0.2) is 11.3 Å². The van der Waals surface area contributed by atoms with Crippen LogP contribution in [0.5, 0.6) is 0 Å². The highest BCUT2D eigenvalue weighted by Gasteiger charge is 2.03. The Morgan fingerprint density at radius 1 is 1.27 bits per heavy atom. The van der Waals surface area contributed by atoms with E-state index in [0.29, 0.717) is 5.69 Å². The molecule has 0 N–H and O–H groups in total. The summed E-state index contributed by atoms with van der Waals surface area (Å²) in [6.07, 6.45) is 5.97. The van der Waals surface area contributed by atoms with Crippen molar-refractivity contribution in [1.29, 1.82) is 0 Å². The van der Waals surface area contributed by atoms with Crippen molar-refractivity contribution in [3.05, 3.63) is 60.2 Å². The molecule has 0 aliphatic carbocycles. The molecule has 0 atom stereocenters. The van der Waals surface area contributed by atoms with Gasteiger partial charge in [0.25, 0.3) is 0 Å². The quantitative estimate of drug-likeness (QED) is 0.550. The van der Waals surface area contributed by atoms with Gasteiger partial charge in [0, 0.05) is 5.56 Å². The molecule has 74 valence electrons. The van der Waals surface area contributed by atoms with Crippen molar-refractivity contribution in [1.82, 2.24) is 4.98 Å². The van der Waals surface area contributed by atoms with Gasteiger partial charge < -0.3 is 0 Å². The summed E-state index contributed by atoms with van der Waals surface area (Å²) in [6.45, 7) is 0.754. The molecule has 0 aliphatic rings. The Labute approximate surface area is 88.0 Å². The number of benzene rings is 1. The second-order valence-electron chi connectivity index (χ2n) is 3.26. The third kappa shape index (κ3) is 2.47. The Hall–Kier alpha value is -2.03. The van der Waals surface area contributed by atoms with Gasteiger partial charge in [-0.05, 0) is 0 Å². The van der Waals surface area contributed by atoms with Crippen molar-refractivity contribution < 1.29 is 9.36 Å². The van der Waals surface area contributed by atoms with Gasteiger partial charge in [0.1, 0.15) is 0 Å². The van der Waals surface area contributed by atoms with E-state index in [2.05, 4.69) is 4.98 Å². The number of aromatic nitrogens is 2. The smallest absolute Gasteiger partial charge is 0.198 e. The lowest BCUT2D eigenvalue weighted by Crippen LogP contribution is -2.34. The minimum absolute atomic E-state index is 0.452. The van der Waals surface area contributed by atoms with Gasteiger partial charge >= 0.3 is 0 Å². The number of aldehydes is 1. The zero-order valence-corrected chi connectivity index (χ0v) is 8.21. The lowest BCUT2D eigenvalue weighted by atomic mass is 10.2. The fourth-order valence-corrected chi connectivity index (χ4v) is 1.40. The predicted molar refractivity (Wildman–Crippen MR) is 55.4 cm³/mol. The molecule has 2 rings (SSSR count). The molecule has 2 aromatic rings. The number of carbonyl (C=O) groups is 1. The van der Waals surface area contributed by atoms with Gasteiger partial charge in [-0.2, -0.15) is 4.57 Å². The number of hydrogen-bond donors (Lipinski definition) is 0. The predicted octanol–water partition coefficient (Wildman–Crippen LogP) is 1.23. The molecule has 3 heteroatoms. The first kappa shape index (κ1) is 9.52. The molecule has 0 unspecified atom stereocenters. The third-order valence-corrected chi connectivity index (χ3v) is 2.11. The van der Waals surface area contributed by atoms with E-state index in [-0.39, 0.29) is 0 Å². The fraction of sp³-hybridized carbons (Fsp3) is 0.0833. The summed E-state index contributed by atoms with van der Waals surface area (Å²) in [5.74, 6) is 0. The summed E-state index contributed by atoms with van der Waals surface area (Å²) in [5, 5.41) is 0. The zero-order chi connectivity index (χ0) is 10.5. The van der Waals surface area contributed by atoms with Crippen LogP contribution in [0.25, 0.3) is 0 Å². The highest BCUT2D eigenvalue weighted by Crippen LogP contribution is 1.97. The first-order chi connectivity index (χ1) is 7.38. The normalized spacial score (nSPS) is 9.87. The fourth-order valence-electron chi connectivity index (χ4n) is 1.40. The average Bonchev–Trinajstić information content (AvgIpc) is 2.31. The minimum Gasteiger partial charge on any atom is -0.296 e. The summed E-state index contributed by atoms with van der Waals surface area (Å²) in [5.41, 5.74) is 1.65. The van der Waals surface area contributed by atoms with Gasteiger partial charge in [-0.3, -0.25) is 4.79 Å². The molecule has 0 amide bonds. The number of nitrogens with zero attached hydrogens (tertiary/aromatic N) is 2. The summed E-state index contributed by atoms with van der Waals surface area (Å²) in [7, 11) is 0. The third-order valence-electron chi connectivity index (χ3n) is 2.11. The highest BCUT2D eigenvalue weighted by molar-refractivity contribution is 5.70. The summed E-state index contributed by atoms with van der Waals surface area (Å²) in [4.78, 5) is 14.4. The molecule has 0 saturated carbocycles. The number of carbonyl (C=O) groups excluding carboxylic acids is 1. The van der Waals surface area contributed by atoms with Crippen molar-refractivity contribution >= 4 is 6.29 Å². The first-order valence-electron chi connectivity index (χ1n) is 4.73. The molecule has 0 bridgehead atoms. The summed E-state index contributed by atoms with van der Waals surface area (Å²) >= 11 is 0. The van der Waals surface area contributed by atoms with Crippen molar-refractivity contribution in [3.63, 3.8) is 0 Å². The Bertz CT molecular complexity index is 454. The van der Waals surface area contributed by atoms with Crippen LogP contribution in [0.3, 0.4) is 0 Å². The summed E-state index contributed by atoms with van der Waals surface area (Å²) in [6, 6.07) is 10.1. The first-order valence-corrected chi connectivity index (χ1v) is 4.73. The topological polar surface area (TPSA) is 33.8 Å². The van der Waals surface area contributed by atoms with Crippen LogP contribution in [0.4, 0.5) is 0 Å². The maximum atomic E-state index is 10.5. The maximum Gasteiger partial charge on any atom is 0.198 e. The van der Waals surface area contributed by atoms with Gasteiger partial charge in [-0.25, -0.2) is 4.98 Å². The van der Waals surface area contributed by atoms with E-state index in [1.54, 1.807) is 12.4 Å². The Kier molecular flexibility index (Phi) is 2.83. The van der Waals surface area contributed by atoms with Crippen LogP contribution in [0, 0.1) is 0 Å². The molecule has 1 aromatic carbocycles. The van der Waals surface area contributed by atoms with E-state index in [9.17, 15) is 4.79 Å². The molecule has 1 heterocycles. The van der Waals surface area contributed by atoms with Crippen LogP contribution >= 0.6 is 0 Å². The second-order valence-corrected chi connectivity index (χ2v) is 3.26. The molecule has 0 radical (unpaired) electrons. The molecular weight excluding hydrogens is 188 g/mol. The van der Waals surface area contributed by atoms with Gasteiger partial charge in [-0.15, -0.1) is 0 Å². The van der Waals surface area contributed by atoms with Crippen molar-refractivity contribution in [2.75, 3.05) is 0 Å². The van der Waals surface area contributed by atoms with Crippen molar-refractivity contribution in [2.24, 2.45) is 0 Å². The van der Waals surface area contributed by atoms with Crippen molar-refractivity contribution in [3.8, 4) is 0 Å². The van der Waals surface area contributed by atoms with Crippen LogP contribution in [-0.2, 0) is 6.54 Å². The Balaban J connectivity index is 2.21. The molecule has 3 nitrogen and oxygen atoms in total. The molecule has 0 aliphatic heterocycles. The SMILES string of the molecule is O=Cc1c[n+](Cc2ccccc2)ccn1. The lowest BCUT2D eigenvalue weighted by molar-refractivity contribution is -0.688. The molecule has 0 fully saturated rings. The summed E-state index contributed by atoms with van der Waals surface area (Å²) < 4.78 is 1.94. The van der Waals surface area contributed by atoms with Crippen LogP contribution in [0.15, 0.2) is 48.9 Å². The van der Waals surface area contributed by atoms with E-state index in [1.165, 1.54) is 5.56 Å². The standard InChI is InChI=1S/C12H11N2O/c15-10-12-9-14(7-6-13-12)8-11-4-2-1-3-5-11/h1-7,9-10H,8H2/q+1. The van der Waals surface area contributed by atoms with Crippen LogP contribution < -0.4 is 4.57 Å². The van der Waals surface area contributed by atoms with E-state index in [4.69, 9.17) is 0 Å². The van der Waals surface area contributed by atoms with E-state index >= 15 is 0 Å². The molecule has 0 spiro atoms. The second kappa shape index (κ2) is 4.46. The molecule has 15 heavy (non-hydrogen) atoms. The van der Waals surface area contributed by atoms with Gasteiger partial charge in [0.15, 0.2) is 30.9 Å². The van der Waals surface area contributed by atoms with Gasteiger partial charge in [-0.1, -0.05) is 30.3 Å². The lowest BCUT2D eigenvalue weighted by Gasteiger charge is -1.96. The van der Waals surface area contributed by atoms with Gasteiger partial charge in [0.05, 0.1) is 6.20 Å². The highest BCUT2D eigenvalue weighted by atomic mass is 16.1. The molecule has 1 aromatic heterocycles. The average molecular weight is 199 g/mol. The number of hydrogen-bond acceptors (Lipinski definition) is 2. The number of rotatable bonds is 3. The zero-order valence-electron chi connectivity index (χ0n) is 8.21. The largest absolute Gasteiger partial charge is 0.296 e.